The van der Waals surface area contributed by atoms with E-state index in [1.807, 2.05) is 68.9 Å². The van der Waals surface area contributed by atoms with Crippen molar-refractivity contribution in [2.45, 2.75) is 39.7 Å². The highest BCUT2D eigenvalue weighted by molar-refractivity contribution is 6.02. The van der Waals surface area contributed by atoms with Gasteiger partial charge in [0.1, 0.15) is 5.76 Å². The number of nitrogens with one attached hydrogen (secondary N) is 3. The lowest BCUT2D eigenvalue weighted by atomic mass is 9.90. The molecule has 2 aliphatic heterocycles. The number of hydrogen-bond donors (Lipinski definition) is 3. The molecule has 3 N–H and O–H groups in total. The zero-order valence-corrected chi connectivity index (χ0v) is 24.2. The SMILES string of the molecule is Cc1ccc(NC(=O)c2cc(CN(C)C)c(C(C)(C)C)o2)cc1N1C=C(c2cncc(N3CCOCC3)c2)NN1. The predicted molar refractivity (Wildman–Crippen MR) is 158 cm³/mol. The number of hydrogen-bond acceptors (Lipinski definition) is 9. The summed E-state index contributed by atoms with van der Waals surface area (Å²) < 4.78 is 11.6. The normalized spacial score (nSPS) is 15.8. The molecule has 1 amide bonds. The van der Waals surface area contributed by atoms with Crippen molar-refractivity contribution in [3.05, 3.63) is 77.1 Å². The summed E-state index contributed by atoms with van der Waals surface area (Å²) in [6, 6.07) is 9.81. The van der Waals surface area contributed by atoms with Crippen molar-refractivity contribution < 1.29 is 13.9 Å². The van der Waals surface area contributed by atoms with Gasteiger partial charge in [0.05, 0.1) is 36.5 Å². The molecular weight excluding hydrogens is 506 g/mol. The molecule has 3 aromatic rings. The van der Waals surface area contributed by atoms with Gasteiger partial charge in [0.15, 0.2) is 5.76 Å². The molecule has 212 valence electrons. The minimum Gasteiger partial charge on any atom is -0.455 e. The molecule has 2 aromatic heterocycles. The number of carbonyl (C=O) groups excluding carboxylic acids is 1. The third-order valence-electron chi connectivity index (χ3n) is 6.91. The van der Waals surface area contributed by atoms with Crippen LogP contribution < -0.4 is 26.2 Å². The lowest BCUT2D eigenvalue weighted by Crippen LogP contribution is -2.37. The zero-order chi connectivity index (χ0) is 28.4. The number of aryl methyl sites for hydroxylation is 1. The molecule has 0 radical (unpaired) electrons. The number of carbonyl (C=O) groups is 1. The predicted octanol–water partition coefficient (Wildman–Crippen LogP) is 4.26. The van der Waals surface area contributed by atoms with E-state index in [0.29, 0.717) is 18.0 Å². The number of pyridine rings is 1. The largest absolute Gasteiger partial charge is 0.455 e. The molecule has 5 rings (SSSR count). The van der Waals surface area contributed by atoms with Crippen LogP contribution in [0.3, 0.4) is 0 Å². The number of hydrazine groups is 2. The molecule has 10 nitrogen and oxygen atoms in total. The van der Waals surface area contributed by atoms with Gasteiger partial charge in [0, 0.05) is 54.3 Å². The van der Waals surface area contributed by atoms with Crippen LogP contribution in [0.1, 0.15) is 53.8 Å². The molecule has 1 aromatic carbocycles. The van der Waals surface area contributed by atoms with E-state index in [-0.39, 0.29) is 11.3 Å². The number of rotatable bonds is 7. The van der Waals surface area contributed by atoms with Crippen LogP contribution in [-0.2, 0) is 16.7 Å². The van der Waals surface area contributed by atoms with Crippen LogP contribution in [0.15, 0.2) is 53.3 Å². The fourth-order valence-electron chi connectivity index (χ4n) is 4.93. The Morgan fingerprint density at radius 1 is 1.12 bits per heavy atom. The standard InChI is InChI=1S/C30H39N7O3/c1-20-7-8-23(32-29(38)27-14-22(18-35(5)6)28(40-27)30(2,3)4)15-26(20)37-19-25(33-34-37)21-13-24(17-31-16-21)36-9-11-39-12-10-36/h7-8,13-17,19,33-34H,9-12,18H2,1-6H3,(H,32,38). The van der Waals surface area contributed by atoms with Gasteiger partial charge in [0.2, 0.25) is 0 Å². The third-order valence-corrected chi connectivity index (χ3v) is 6.91. The number of nitrogens with zero attached hydrogens (tertiary/aromatic N) is 4. The van der Waals surface area contributed by atoms with Gasteiger partial charge >= 0.3 is 0 Å². The van der Waals surface area contributed by atoms with E-state index in [9.17, 15) is 4.79 Å². The molecule has 0 bridgehead atoms. The van der Waals surface area contributed by atoms with Crippen molar-refractivity contribution in [3.8, 4) is 0 Å². The first-order chi connectivity index (χ1) is 19.1. The number of anilines is 3. The van der Waals surface area contributed by atoms with Crippen molar-refractivity contribution in [1.82, 2.24) is 20.8 Å². The third kappa shape index (κ3) is 6.14. The zero-order valence-electron chi connectivity index (χ0n) is 24.2. The maximum atomic E-state index is 13.2. The van der Waals surface area contributed by atoms with Crippen molar-refractivity contribution in [2.24, 2.45) is 0 Å². The van der Waals surface area contributed by atoms with E-state index in [4.69, 9.17) is 9.15 Å². The molecule has 0 atom stereocenters. The Bertz CT molecular complexity index is 1400. The summed E-state index contributed by atoms with van der Waals surface area (Å²) in [6.45, 7) is 12.2. The quantitative estimate of drug-likeness (QED) is 0.402. The Morgan fingerprint density at radius 3 is 2.62 bits per heavy atom. The van der Waals surface area contributed by atoms with Gasteiger partial charge in [-0.15, -0.1) is 5.53 Å². The van der Waals surface area contributed by atoms with E-state index < -0.39 is 0 Å². The van der Waals surface area contributed by atoms with Gasteiger partial charge in [-0.25, -0.2) is 0 Å². The summed E-state index contributed by atoms with van der Waals surface area (Å²) in [5, 5.41) is 4.92. The average Bonchev–Trinajstić information content (AvgIpc) is 3.58. The molecule has 0 aliphatic carbocycles. The second-order valence-electron chi connectivity index (χ2n) is 11.6. The first kappa shape index (κ1) is 27.7. The number of furan rings is 1. The fourth-order valence-corrected chi connectivity index (χ4v) is 4.93. The van der Waals surface area contributed by atoms with E-state index in [0.717, 1.165) is 65.8 Å². The lowest BCUT2D eigenvalue weighted by Gasteiger charge is -2.28. The topological polar surface area (TPSA) is 98.1 Å². The van der Waals surface area contributed by atoms with Crippen molar-refractivity contribution in [1.29, 1.82) is 0 Å². The van der Waals surface area contributed by atoms with Crippen molar-refractivity contribution in [2.75, 3.05) is 55.6 Å². The Hall–Kier alpha value is -3.86. The van der Waals surface area contributed by atoms with Crippen LogP contribution in [0, 0.1) is 6.92 Å². The first-order valence-corrected chi connectivity index (χ1v) is 13.6. The minimum atomic E-state index is -0.278. The second-order valence-corrected chi connectivity index (χ2v) is 11.6. The van der Waals surface area contributed by atoms with E-state index in [1.54, 1.807) is 0 Å². The minimum absolute atomic E-state index is 0.212. The Morgan fingerprint density at radius 2 is 1.90 bits per heavy atom. The number of ether oxygens (including phenoxy) is 1. The first-order valence-electron chi connectivity index (χ1n) is 13.6. The Labute approximate surface area is 235 Å². The van der Waals surface area contributed by atoms with Gasteiger partial charge in [-0.1, -0.05) is 26.8 Å². The Kier molecular flexibility index (Phi) is 7.84. The summed E-state index contributed by atoms with van der Waals surface area (Å²) in [4.78, 5) is 22.0. The summed E-state index contributed by atoms with van der Waals surface area (Å²) >= 11 is 0. The number of aromatic nitrogens is 1. The molecule has 0 saturated carbocycles. The molecule has 0 unspecified atom stereocenters. The highest BCUT2D eigenvalue weighted by Gasteiger charge is 2.26. The fraction of sp³-hybridized carbons (Fsp3) is 0.400. The summed E-state index contributed by atoms with van der Waals surface area (Å²) in [5.74, 6) is 0.855. The van der Waals surface area contributed by atoms with E-state index in [2.05, 4.69) is 57.9 Å². The molecule has 40 heavy (non-hydrogen) atoms. The highest BCUT2D eigenvalue weighted by Crippen LogP contribution is 2.31. The second kappa shape index (κ2) is 11.3. The Balaban J connectivity index is 1.34. The van der Waals surface area contributed by atoms with Gasteiger partial charge in [-0.05, 0) is 50.8 Å². The molecule has 4 heterocycles. The monoisotopic (exact) mass is 545 g/mol. The number of morpholine rings is 1. The van der Waals surface area contributed by atoms with Crippen molar-refractivity contribution >= 4 is 28.7 Å². The summed E-state index contributed by atoms with van der Waals surface area (Å²) in [6.07, 6.45) is 5.72. The number of benzene rings is 1. The average molecular weight is 546 g/mol. The van der Waals surface area contributed by atoms with Gasteiger partial charge in [-0.2, -0.15) is 0 Å². The van der Waals surface area contributed by atoms with Crippen LogP contribution in [-0.4, -0.2) is 56.2 Å². The van der Waals surface area contributed by atoms with Crippen LogP contribution in [0.4, 0.5) is 17.1 Å². The van der Waals surface area contributed by atoms with E-state index in [1.165, 1.54) is 0 Å². The van der Waals surface area contributed by atoms with Crippen LogP contribution in [0.5, 0.6) is 0 Å². The maximum Gasteiger partial charge on any atom is 0.291 e. The lowest BCUT2D eigenvalue weighted by molar-refractivity contribution is 0.0993. The van der Waals surface area contributed by atoms with Gasteiger partial charge in [-0.3, -0.25) is 14.8 Å². The van der Waals surface area contributed by atoms with Crippen LogP contribution in [0.25, 0.3) is 5.70 Å². The van der Waals surface area contributed by atoms with Crippen LogP contribution >= 0.6 is 0 Å². The molecular formula is C30H39N7O3. The van der Waals surface area contributed by atoms with E-state index >= 15 is 0 Å². The summed E-state index contributed by atoms with van der Waals surface area (Å²) in [7, 11) is 4.01. The highest BCUT2D eigenvalue weighted by atomic mass is 16.5. The van der Waals surface area contributed by atoms with Crippen LogP contribution in [0.2, 0.25) is 0 Å². The van der Waals surface area contributed by atoms with Gasteiger partial charge < -0.3 is 29.7 Å². The molecule has 1 fully saturated rings. The molecule has 10 heteroatoms. The van der Waals surface area contributed by atoms with Crippen molar-refractivity contribution in [3.63, 3.8) is 0 Å². The summed E-state index contributed by atoms with van der Waals surface area (Å²) in [5.41, 5.74) is 12.8. The molecule has 2 aliphatic rings. The smallest absolute Gasteiger partial charge is 0.291 e. The maximum absolute atomic E-state index is 13.2. The number of amides is 1. The van der Waals surface area contributed by atoms with Gasteiger partial charge in [0.25, 0.3) is 5.91 Å². The molecule has 0 spiro atoms. The molecule has 1 saturated heterocycles.